The number of nitrogens with one attached hydrogen (secondary N) is 3. The highest BCUT2D eigenvalue weighted by Gasteiger charge is 2.29. The molecule has 3 amide bonds. The Kier molecular flexibility index (Phi) is 11.0. The molecule has 3 N–H and O–H groups in total. The van der Waals surface area contributed by atoms with Crippen LogP contribution in [0.5, 0.6) is 0 Å². The maximum absolute atomic E-state index is 13.2. The van der Waals surface area contributed by atoms with Gasteiger partial charge in [-0.3, -0.25) is 9.59 Å². The van der Waals surface area contributed by atoms with Gasteiger partial charge in [0.2, 0.25) is 11.7 Å². The Morgan fingerprint density at radius 3 is 2.14 bits per heavy atom. The zero-order valence-corrected chi connectivity index (χ0v) is 27.3. The molecule has 0 saturated carbocycles. The molecule has 3 aromatic rings. The molecule has 3 heterocycles. The molecular weight excluding hydrogens is 596 g/mol. The van der Waals surface area contributed by atoms with Gasteiger partial charge in [-0.25, -0.2) is 24.5 Å². The van der Waals surface area contributed by atoms with Crippen LogP contribution in [0.15, 0.2) is 15.2 Å². The fraction of sp³-hybridized carbons (Fsp3) is 0.536. The van der Waals surface area contributed by atoms with Crippen LogP contribution in [0, 0.1) is 12.8 Å². The third kappa shape index (κ3) is 9.07. The summed E-state index contributed by atoms with van der Waals surface area (Å²) in [6, 6.07) is -1.63. The van der Waals surface area contributed by atoms with Crippen LogP contribution in [-0.2, 0) is 9.47 Å². The molecule has 13 nitrogen and oxygen atoms in total. The fourth-order valence-electron chi connectivity index (χ4n) is 3.73. The number of carbonyl (C=O) groups is 4. The number of esters is 1. The van der Waals surface area contributed by atoms with Crippen molar-refractivity contribution in [2.45, 2.75) is 86.0 Å². The third-order valence-electron chi connectivity index (χ3n) is 5.82. The van der Waals surface area contributed by atoms with E-state index in [1.807, 2.05) is 13.8 Å². The smallest absolute Gasteiger partial charge is 0.408 e. The van der Waals surface area contributed by atoms with Crippen LogP contribution in [0.25, 0.3) is 0 Å². The van der Waals surface area contributed by atoms with Crippen LogP contribution in [-0.4, -0.2) is 51.0 Å². The van der Waals surface area contributed by atoms with Crippen molar-refractivity contribution in [1.82, 2.24) is 30.9 Å². The number of carbonyl (C=O) groups excluding carboxylic acids is 4. The monoisotopic (exact) mass is 634 g/mol. The summed E-state index contributed by atoms with van der Waals surface area (Å²) in [5.41, 5.74) is 0.0687. The van der Waals surface area contributed by atoms with Gasteiger partial charge in [0.25, 0.3) is 11.8 Å². The lowest BCUT2D eigenvalue weighted by Crippen LogP contribution is -2.34. The number of hydrogen-bond acceptors (Lipinski definition) is 12. The highest BCUT2D eigenvalue weighted by molar-refractivity contribution is 7.10. The Labute approximate surface area is 258 Å². The SMILES string of the molecule is CCOC(=O)c1csc([C@@H](C)NC(=O)c2csc([C@H](NC(=O)c3oc([C@@H](C)NC(=O)OC(C)(C)C)nc3C)C(C)C)n2)n1. The molecule has 0 aliphatic heterocycles. The van der Waals surface area contributed by atoms with Gasteiger partial charge in [0.15, 0.2) is 5.69 Å². The van der Waals surface area contributed by atoms with E-state index in [-0.39, 0.29) is 35.6 Å². The molecule has 0 fully saturated rings. The maximum atomic E-state index is 13.2. The molecule has 0 aliphatic rings. The average Bonchev–Trinajstić information content (AvgIpc) is 3.65. The van der Waals surface area contributed by atoms with E-state index in [2.05, 4.69) is 30.9 Å². The van der Waals surface area contributed by atoms with Crippen molar-refractivity contribution >= 4 is 46.6 Å². The summed E-state index contributed by atoms with van der Waals surface area (Å²) >= 11 is 2.49. The number of amides is 3. The maximum Gasteiger partial charge on any atom is 0.408 e. The normalized spacial score (nSPS) is 13.6. The number of aryl methyl sites for hydroxylation is 1. The van der Waals surface area contributed by atoms with E-state index >= 15 is 0 Å². The van der Waals surface area contributed by atoms with Gasteiger partial charge in [-0.2, -0.15) is 0 Å². The van der Waals surface area contributed by atoms with E-state index in [1.165, 1.54) is 22.7 Å². The van der Waals surface area contributed by atoms with Gasteiger partial charge in [0.05, 0.1) is 24.4 Å². The third-order valence-corrected chi connectivity index (χ3v) is 7.78. The standard InChI is InChI=1S/C28H38N6O7S2/c1-10-39-26(37)18-12-42-24(33-18)16(6)29-21(35)17-11-43-25(32-17)19(13(2)3)34-22(36)20-14(4)30-23(40-20)15(5)31-27(38)41-28(7,8)9/h11-13,15-16,19H,10H2,1-9H3,(H,29,35)(H,31,38)(H,34,36)/t15-,16-,19-/m1/s1. The molecule has 234 valence electrons. The second-order valence-electron chi connectivity index (χ2n) is 11.1. The number of alkyl carbamates (subject to hydrolysis) is 1. The van der Waals surface area contributed by atoms with E-state index in [0.29, 0.717) is 15.7 Å². The molecule has 0 aliphatic carbocycles. The zero-order valence-electron chi connectivity index (χ0n) is 25.7. The Bertz CT molecular complexity index is 1460. The second kappa shape index (κ2) is 14.1. The van der Waals surface area contributed by atoms with Crippen molar-refractivity contribution in [3.63, 3.8) is 0 Å². The van der Waals surface area contributed by atoms with Gasteiger partial charge in [0.1, 0.15) is 27.4 Å². The minimum absolute atomic E-state index is 0.00692. The molecular formula is C28H38N6O7S2. The number of nitrogens with zero attached hydrogens (tertiary/aromatic N) is 3. The molecule has 0 aromatic carbocycles. The molecule has 0 bridgehead atoms. The largest absolute Gasteiger partial charge is 0.461 e. The van der Waals surface area contributed by atoms with Crippen molar-refractivity contribution in [2.24, 2.45) is 5.92 Å². The van der Waals surface area contributed by atoms with E-state index < -0.39 is 47.6 Å². The van der Waals surface area contributed by atoms with Crippen LogP contribution < -0.4 is 16.0 Å². The van der Waals surface area contributed by atoms with E-state index in [4.69, 9.17) is 13.9 Å². The number of aromatic nitrogens is 3. The first kappa shape index (κ1) is 33.6. The summed E-state index contributed by atoms with van der Waals surface area (Å²) in [6.07, 6.45) is -0.632. The number of hydrogen-bond donors (Lipinski definition) is 3. The lowest BCUT2D eigenvalue weighted by atomic mass is 10.0. The predicted molar refractivity (Wildman–Crippen MR) is 160 cm³/mol. The van der Waals surface area contributed by atoms with Crippen molar-refractivity contribution < 1.29 is 33.1 Å². The van der Waals surface area contributed by atoms with Crippen molar-refractivity contribution in [2.75, 3.05) is 6.61 Å². The predicted octanol–water partition coefficient (Wildman–Crippen LogP) is 5.28. The molecule has 0 saturated heterocycles. The molecule has 0 unspecified atom stereocenters. The summed E-state index contributed by atoms with van der Waals surface area (Å²) in [5.74, 6) is -1.34. The summed E-state index contributed by atoms with van der Waals surface area (Å²) in [4.78, 5) is 63.3. The van der Waals surface area contributed by atoms with Gasteiger partial charge in [-0.1, -0.05) is 13.8 Å². The number of thiazole rings is 2. The number of rotatable bonds is 11. The zero-order chi connectivity index (χ0) is 32.1. The molecule has 3 rings (SSSR count). The van der Waals surface area contributed by atoms with Gasteiger partial charge in [0, 0.05) is 10.8 Å². The van der Waals surface area contributed by atoms with Crippen molar-refractivity contribution in [3.8, 4) is 0 Å². The number of ether oxygens (including phenoxy) is 2. The molecule has 0 radical (unpaired) electrons. The Morgan fingerprint density at radius 2 is 1.51 bits per heavy atom. The van der Waals surface area contributed by atoms with Crippen LogP contribution in [0.3, 0.4) is 0 Å². The summed E-state index contributed by atoms with van der Waals surface area (Å²) in [7, 11) is 0. The topological polar surface area (TPSA) is 175 Å². The summed E-state index contributed by atoms with van der Waals surface area (Å²) < 4.78 is 16.0. The van der Waals surface area contributed by atoms with E-state index in [9.17, 15) is 19.2 Å². The quantitative estimate of drug-likeness (QED) is 0.236. The molecule has 3 aromatic heterocycles. The minimum Gasteiger partial charge on any atom is -0.461 e. The Hall–Kier alpha value is -3.85. The van der Waals surface area contributed by atoms with Crippen LogP contribution >= 0.6 is 22.7 Å². The fourth-order valence-corrected chi connectivity index (χ4v) is 5.55. The first-order chi connectivity index (χ1) is 20.1. The van der Waals surface area contributed by atoms with Crippen LogP contribution in [0.1, 0.15) is 127 Å². The average molecular weight is 635 g/mol. The van der Waals surface area contributed by atoms with Crippen LogP contribution in [0.4, 0.5) is 4.79 Å². The lowest BCUT2D eigenvalue weighted by Gasteiger charge is -2.21. The van der Waals surface area contributed by atoms with Crippen molar-refractivity contribution in [1.29, 1.82) is 0 Å². The van der Waals surface area contributed by atoms with Gasteiger partial charge in [-0.05, 0) is 54.4 Å². The minimum atomic E-state index is -0.668. The lowest BCUT2D eigenvalue weighted by molar-refractivity contribution is 0.0496. The highest BCUT2D eigenvalue weighted by Crippen LogP contribution is 2.27. The Balaban J connectivity index is 1.67. The van der Waals surface area contributed by atoms with Crippen LogP contribution in [0.2, 0.25) is 0 Å². The van der Waals surface area contributed by atoms with Crippen molar-refractivity contribution in [3.05, 3.63) is 49.5 Å². The van der Waals surface area contributed by atoms with E-state index in [0.717, 1.165) is 0 Å². The van der Waals surface area contributed by atoms with Gasteiger partial charge in [-0.15, -0.1) is 22.7 Å². The van der Waals surface area contributed by atoms with Gasteiger partial charge >= 0.3 is 12.1 Å². The molecule has 15 heteroatoms. The number of oxazole rings is 1. The molecule has 43 heavy (non-hydrogen) atoms. The van der Waals surface area contributed by atoms with E-state index in [1.54, 1.807) is 59.2 Å². The first-order valence-corrected chi connectivity index (χ1v) is 15.5. The molecule has 0 spiro atoms. The Morgan fingerprint density at radius 1 is 0.884 bits per heavy atom. The van der Waals surface area contributed by atoms with Gasteiger partial charge < -0.3 is 29.8 Å². The second-order valence-corrected chi connectivity index (χ2v) is 12.9. The highest BCUT2D eigenvalue weighted by atomic mass is 32.1. The summed E-state index contributed by atoms with van der Waals surface area (Å²) in [5, 5.41) is 12.7. The molecule has 3 atom stereocenters. The summed E-state index contributed by atoms with van der Waals surface area (Å²) in [6.45, 7) is 16.1. The first-order valence-electron chi connectivity index (χ1n) is 13.8.